The number of pyridine rings is 1. The maximum atomic E-state index is 12.5. The molecule has 0 aliphatic rings. The summed E-state index contributed by atoms with van der Waals surface area (Å²) < 4.78 is 5.14. The SMILES string of the molecule is COc1ccc(CNC(=O)c2ccnc(N(C)Cc3ccccc3)c2)cc1. The van der Waals surface area contributed by atoms with Gasteiger partial charge >= 0.3 is 0 Å². The van der Waals surface area contributed by atoms with Crippen molar-refractivity contribution in [3.63, 3.8) is 0 Å². The maximum Gasteiger partial charge on any atom is 0.251 e. The number of rotatable bonds is 7. The minimum Gasteiger partial charge on any atom is -0.497 e. The van der Waals surface area contributed by atoms with E-state index >= 15 is 0 Å². The van der Waals surface area contributed by atoms with E-state index in [0.29, 0.717) is 12.1 Å². The summed E-state index contributed by atoms with van der Waals surface area (Å²) in [6, 6.07) is 21.3. The van der Waals surface area contributed by atoms with E-state index in [1.165, 1.54) is 5.56 Å². The Morgan fingerprint density at radius 1 is 1.04 bits per heavy atom. The van der Waals surface area contributed by atoms with Crippen molar-refractivity contribution in [3.05, 3.63) is 89.6 Å². The van der Waals surface area contributed by atoms with Gasteiger partial charge in [0.1, 0.15) is 11.6 Å². The highest BCUT2D eigenvalue weighted by Crippen LogP contribution is 2.15. The molecule has 1 aromatic heterocycles. The Hall–Kier alpha value is -3.34. The Morgan fingerprint density at radius 3 is 2.48 bits per heavy atom. The van der Waals surface area contributed by atoms with Gasteiger partial charge in [0.2, 0.25) is 0 Å². The summed E-state index contributed by atoms with van der Waals surface area (Å²) >= 11 is 0. The van der Waals surface area contributed by atoms with E-state index in [-0.39, 0.29) is 5.91 Å². The average molecular weight is 361 g/mol. The molecule has 1 heterocycles. The van der Waals surface area contributed by atoms with Crippen LogP contribution in [0.1, 0.15) is 21.5 Å². The van der Waals surface area contributed by atoms with E-state index in [2.05, 4.69) is 22.4 Å². The highest BCUT2D eigenvalue weighted by atomic mass is 16.5. The standard InChI is InChI=1S/C22H23N3O2/c1-25(16-18-6-4-3-5-7-18)21-14-19(12-13-23-21)22(26)24-15-17-8-10-20(27-2)11-9-17/h3-14H,15-16H2,1-2H3,(H,24,26). The minimum absolute atomic E-state index is 0.123. The molecule has 0 radical (unpaired) electrons. The molecule has 0 aliphatic heterocycles. The van der Waals surface area contributed by atoms with Gasteiger partial charge in [-0.3, -0.25) is 4.79 Å². The predicted octanol–water partition coefficient (Wildman–Crippen LogP) is 3.66. The van der Waals surface area contributed by atoms with E-state index in [1.54, 1.807) is 19.4 Å². The number of carbonyl (C=O) groups excluding carboxylic acids is 1. The lowest BCUT2D eigenvalue weighted by molar-refractivity contribution is 0.0951. The Morgan fingerprint density at radius 2 is 1.78 bits per heavy atom. The first-order valence-corrected chi connectivity index (χ1v) is 8.78. The van der Waals surface area contributed by atoms with E-state index in [0.717, 1.165) is 23.7 Å². The molecule has 5 nitrogen and oxygen atoms in total. The van der Waals surface area contributed by atoms with Crippen molar-refractivity contribution >= 4 is 11.7 Å². The molecule has 0 atom stereocenters. The van der Waals surface area contributed by atoms with Crippen LogP contribution in [-0.4, -0.2) is 25.0 Å². The number of nitrogens with one attached hydrogen (secondary N) is 1. The van der Waals surface area contributed by atoms with Crippen LogP contribution in [0.4, 0.5) is 5.82 Å². The third-order valence-corrected chi connectivity index (χ3v) is 4.27. The number of anilines is 1. The number of ether oxygens (including phenoxy) is 1. The Bertz CT molecular complexity index is 880. The molecule has 138 valence electrons. The molecular weight excluding hydrogens is 338 g/mol. The largest absolute Gasteiger partial charge is 0.497 e. The van der Waals surface area contributed by atoms with Crippen LogP contribution < -0.4 is 15.0 Å². The zero-order valence-electron chi connectivity index (χ0n) is 15.6. The predicted molar refractivity (Wildman–Crippen MR) is 107 cm³/mol. The van der Waals surface area contributed by atoms with Crippen molar-refractivity contribution in [2.75, 3.05) is 19.1 Å². The van der Waals surface area contributed by atoms with Gasteiger partial charge in [-0.05, 0) is 35.4 Å². The Kier molecular flexibility index (Phi) is 6.05. The van der Waals surface area contributed by atoms with Crippen LogP contribution in [0.15, 0.2) is 72.9 Å². The molecule has 0 saturated heterocycles. The molecule has 0 aliphatic carbocycles. The van der Waals surface area contributed by atoms with Crippen molar-refractivity contribution in [3.8, 4) is 5.75 Å². The van der Waals surface area contributed by atoms with Crippen molar-refractivity contribution in [2.24, 2.45) is 0 Å². The number of carbonyl (C=O) groups is 1. The molecule has 1 amide bonds. The molecule has 3 rings (SSSR count). The summed E-state index contributed by atoms with van der Waals surface area (Å²) in [6.45, 7) is 1.19. The van der Waals surface area contributed by atoms with Gasteiger partial charge < -0.3 is 15.0 Å². The van der Waals surface area contributed by atoms with Crippen LogP contribution in [0.5, 0.6) is 5.75 Å². The van der Waals surface area contributed by atoms with E-state index in [1.807, 2.05) is 60.5 Å². The third kappa shape index (κ3) is 5.07. The lowest BCUT2D eigenvalue weighted by atomic mass is 10.2. The number of benzene rings is 2. The van der Waals surface area contributed by atoms with E-state index in [9.17, 15) is 4.79 Å². The van der Waals surface area contributed by atoms with Crippen LogP contribution >= 0.6 is 0 Å². The first-order valence-electron chi connectivity index (χ1n) is 8.78. The summed E-state index contributed by atoms with van der Waals surface area (Å²) in [5.74, 6) is 1.43. The van der Waals surface area contributed by atoms with Crippen LogP contribution in [0.2, 0.25) is 0 Å². The van der Waals surface area contributed by atoms with Gasteiger partial charge in [0, 0.05) is 31.9 Å². The second-order valence-corrected chi connectivity index (χ2v) is 6.28. The van der Waals surface area contributed by atoms with Crippen LogP contribution in [0, 0.1) is 0 Å². The van der Waals surface area contributed by atoms with E-state index in [4.69, 9.17) is 4.74 Å². The molecule has 5 heteroatoms. The molecule has 2 aromatic carbocycles. The average Bonchev–Trinajstić information content (AvgIpc) is 2.73. The van der Waals surface area contributed by atoms with Crippen LogP contribution in [0.3, 0.4) is 0 Å². The molecule has 0 saturated carbocycles. The lowest BCUT2D eigenvalue weighted by Crippen LogP contribution is -2.24. The highest BCUT2D eigenvalue weighted by Gasteiger charge is 2.10. The summed E-state index contributed by atoms with van der Waals surface area (Å²) in [6.07, 6.45) is 1.67. The zero-order valence-corrected chi connectivity index (χ0v) is 15.6. The second kappa shape index (κ2) is 8.85. The highest BCUT2D eigenvalue weighted by molar-refractivity contribution is 5.94. The van der Waals surface area contributed by atoms with E-state index < -0.39 is 0 Å². The molecule has 0 unspecified atom stereocenters. The molecule has 1 N–H and O–H groups in total. The smallest absolute Gasteiger partial charge is 0.251 e. The van der Waals surface area contributed by atoms with Crippen molar-refractivity contribution in [2.45, 2.75) is 13.1 Å². The monoisotopic (exact) mass is 361 g/mol. The number of methoxy groups -OCH3 is 1. The first kappa shape index (κ1) is 18.5. The molecular formula is C22H23N3O2. The lowest BCUT2D eigenvalue weighted by Gasteiger charge is -2.18. The van der Waals surface area contributed by atoms with Crippen LogP contribution in [0.25, 0.3) is 0 Å². The Labute approximate surface area is 159 Å². The Balaban J connectivity index is 1.62. The third-order valence-electron chi connectivity index (χ3n) is 4.27. The molecule has 0 fully saturated rings. The fourth-order valence-corrected chi connectivity index (χ4v) is 2.73. The van der Waals surface area contributed by atoms with Gasteiger partial charge in [-0.15, -0.1) is 0 Å². The second-order valence-electron chi connectivity index (χ2n) is 6.28. The number of hydrogen-bond donors (Lipinski definition) is 1. The maximum absolute atomic E-state index is 12.5. The van der Waals surface area contributed by atoms with Gasteiger partial charge in [-0.2, -0.15) is 0 Å². The quantitative estimate of drug-likeness (QED) is 0.698. The normalized spacial score (nSPS) is 10.3. The van der Waals surface area contributed by atoms with Gasteiger partial charge in [0.15, 0.2) is 0 Å². The fourth-order valence-electron chi connectivity index (χ4n) is 2.73. The van der Waals surface area contributed by atoms with Crippen molar-refractivity contribution in [1.29, 1.82) is 0 Å². The number of amides is 1. The van der Waals surface area contributed by atoms with Gasteiger partial charge in [-0.1, -0.05) is 42.5 Å². The summed E-state index contributed by atoms with van der Waals surface area (Å²) in [7, 11) is 3.60. The molecule has 0 bridgehead atoms. The molecule has 0 spiro atoms. The van der Waals surface area contributed by atoms with Gasteiger partial charge in [0.25, 0.3) is 5.91 Å². The summed E-state index contributed by atoms with van der Waals surface area (Å²) in [5.41, 5.74) is 2.80. The van der Waals surface area contributed by atoms with Crippen molar-refractivity contribution < 1.29 is 9.53 Å². The topological polar surface area (TPSA) is 54.5 Å². The summed E-state index contributed by atoms with van der Waals surface area (Å²) in [5, 5.41) is 2.94. The zero-order chi connectivity index (χ0) is 19.1. The number of aromatic nitrogens is 1. The number of nitrogens with zero attached hydrogens (tertiary/aromatic N) is 2. The minimum atomic E-state index is -0.123. The molecule has 27 heavy (non-hydrogen) atoms. The van der Waals surface area contributed by atoms with Gasteiger partial charge in [-0.25, -0.2) is 4.98 Å². The first-order chi connectivity index (χ1) is 13.2. The van der Waals surface area contributed by atoms with Gasteiger partial charge in [0.05, 0.1) is 7.11 Å². The summed E-state index contributed by atoms with van der Waals surface area (Å²) in [4.78, 5) is 18.9. The number of hydrogen-bond acceptors (Lipinski definition) is 4. The van der Waals surface area contributed by atoms with Crippen LogP contribution in [-0.2, 0) is 13.1 Å². The molecule has 3 aromatic rings. The van der Waals surface area contributed by atoms with Crippen molar-refractivity contribution in [1.82, 2.24) is 10.3 Å². The fraction of sp³-hybridized carbons (Fsp3) is 0.182.